The van der Waals surface area contributed by atoms with E-state index in [1.54, 1.807) is 6.07 Å². The summed E-state index contributed by atoms with van der Waals surface area (Å²) in [5.74, 6) is -0.121. The number of nitrogens with one attached hydrogen (secondary N) is 2. The molecule has 0 spiro atoms. The molecule has 0 atom stereocenters. The van der Waals surface area contributed by atoms with Crippen molar-refractivity contribution in [2.24, 2.45) is 0 Å². The molecule has 108 valence electrons. The monoisotopic (exact) mass is 301 g/mol. The Balaban J connectivity index is 1.77. The van der Waals surface area contributed by atoms with Gasteiger partial charge in [-0.05, 0) is 32.0 Å². The number of rotatable bonds is 3. The molecule has 21 heavy (non-hydrogen) atoms. The highest BCUT2D eigenvalue weighted by Gasteiger charge is 2.11. The van der Waals surface area contributed by atoms with Crippen molar-refractivity contribution in [3.05, 3.63) is 40.7 Å². The number of carbonyl (C=O) groups excluding carboxylic acids is 1. The summed E-state index contributed by atoms with van der Waals surface area (Å²) in [5.41, 5.74) is 9.98. The van der Waals surface area contributed by atoms with E-state index in [1.807, 2.05) is 26.0 Å². The molecule has 2 aromatic heterocycles. The Morgan fingerprint density at radius 3 is 2.95 bits per heavy atom. The maximum Gasteiger partial charge on any atom is 0.251 e. The fraction of sp³-hybridized carbons (Fsp3) is 0.214. The van der Waals surface area contributed by atoms with E-state index in [0.717, 1.165) is 27.2 Å². The van der Waals surface area contributed by atoms with Gasteiger partial charge < -0.3 is 11.1 Å². The average Bonchev–Trinajstić information content (AvgIpc) is 2.97. The fourth-order valence-electron chi connectivity index (χ4n) is 2.19. The Morgan fingerprint density at radius 1 is 1.43 bits per heavy atom. The molecule has 0 saturated heterocycles. The lowest BCUT2D eigenvalue weighted by Crippen LogP contribution is -2.23. The lowest BCUT2D eigenvalue weighted by molar-refractivity contribution is 0.0951. The maximum atomic E-state index is 12.2. The van der Waals surface area contributed by atoms with E-state index < -0.39 is 0 Å². The molecule has 7 heteroatoms. The molecule has 1 amide bonds. The fourth-order valence-corrected chi connectivity index (χ4v) is 2.96. The van der Waals surface area contributed by atoms with Gasteiger partial charge in [-0.3, -0.25) is 9.89 Å². The van der Waals surface area contributed by atoms with E-state index >= 15 is 0 Å². The third-order valence-electron chi connectivity index (χ3n) is 3.37. The predicted molar refractivity (Wildman–Crippen MR) is 83.3 cm³/mol. The van der Waals surface area contributed by atoms with Crippen molar-refractivity contribution in [1.29, 1.82) is 0 Å². The van der Waals surface area contributed by atoms with Crippen LogP contribution < -0.4 is 11.1 Å². The number of nitrogens with zero attached hydrogens (tertiary/aromatic N) is 2. The SMILES string of the molecule is Cc1n[nH]c(C)c1CNC(=O)c1ccc2nc(N)sc2c1. The largest absolute Gasteiger partial charge is 0.375 e. The van der Waals surface area contributed by atoms with E-state index in [1.165, 1.54) is 11.3 Å². The van der Waals surface area contributed by atoms with Crippen molar-refractivity contribution >= 4 is 32.6 Å². The number of aromatic amines is 1. The molecule has 0 saturated carbocycles. The molecule has 0 aliphatic rings. The number of nitrogens with two attached hydrogens (primary N) is 1. The quantitative estimate of drug-likeness (QED) is 0.690. The third kappa shape index (κ3) is 2.59. The minimum absolute atomic E-state index is 0.121. The van der Waals surface area contributed by atoms with Crippen molar-refractivity contribution in [2.75, 3.05) is 5.73 Å². The van der Waals surface area contributed by atoms with Crippen LogP contribution in [-0.2, 0) is 6.54 Å². The van der Waals surface area contributed by atoms with Gasteiger partial charge in [0.15, 0.2) is 5.13 Å². The molecule has 4 N–H and O–H groups in total. The Hall–Kier alpha value is -2.41. The maximum absolute atomic E-state index is 12.2. The lowest BCUT2D eigenvalue weighted by atomic mass is 10.1. The van der Waals surface area contributed by atoms with Crippen LogP contribution in [0.25, 0.3) is 10.2 Å². The van der Waals surface area contributed by atoms with Gasteiger partial charge in [-0.25, -0.2) is 4.98 Å². The number of aryl methyl sites for hydroxylation is 2. The number of hydrogen-bond donors (Lipinski definition) is 3. The number of anilines is 1. The highest BCUT2D eigenvalue weighted by Crippen LogP contribution is 2.24. The number of thiazole rings is 1. The smallest absolute Gasteiger partial charge is 0.251 e. The molecule has 3 aromatic rings. The highest BCUT2D eigenvalue weighted by atomic mass is 32.1. The van der Waals surface area contributed by atoms with Gasteiger partial charge in [-0.1, -0.05) is 11.3 Å². The van der Waals surface area contributed by atoms with Gasteiger partial charge in [0.1, 0.15) is 0 Å². The van der Waals surface area contributed by atoms with Crippen LogP contribution in [0.1, 0.15) is 27.3 Å². The van der Waals surface area contributed by atoms with Crippen LogP contribution in [0, 0.1) is 13.8 Å². The van der Waals surface area contributed by atoms with Gasteiger partial charge in [0.25, 0.3) is 5.91 Å². The summed E-state index contributed by atoms with van der Waals surface area (Å²) >= 11 is 1.38. The molecule has 0 aliphatic heterocycles. The molecule has 1 aromatic carbocycles. The van der Waals surface area contributed by atoms with E-state index in [4.69, 9.17) is 5.73 Å². The van der Waals surface area contributed by atoms with E-state index in [0.29, 0.717) is 17.2 Å². The summed E-state index contributed by atoms with van der Waals surface area (Å²) in [6.45, 7) is 4.31. The summed E-state index contributed by atoms with van der Waals surface area (Å²) in [4.78, 5) is 16.4. The summed E-state index contributed by atoms with van der Waals surface area (Å²) in [6.07, 6.45) is 0. The standard InChI is InChI=1S/C14H15N5OS/c1-7-10(8(2)19-18-7)6-16-13(20)9-3-4-11-12(5-9)21-14(15)17-11/h3-5H,6H2,1-2H3,(H2,15,17)(H,16,20)(H,18,19). The number of amides is 1. The first kappa shape index (κ1) is 13.6. The molecule has 6 nitrogen and oxygen atoms in total. The Labute approximate surface area is 125 Å². The normalized spacial score (nSPS) is 11.0. The topological polar surface area (TPSA) is 96.7 Å². The average molecular weight is 301 g/mol. The minimum atomic E-state index is -0.121. The number of carbonyl (C=O) groups is 1. The van der Waals surface area contributed by atoms with Crippen LogP contribution in [-0.4, -0.2) is 21.1 Å². The first-order chi connectivity index (χ1) is 10.0. The second kappa shape index (κ2) is 5.17. The van der Waals surface area contributed by atoms with Crippen molar-refractivity contribution in [2.45, 2.75) is 20.4 Å². The van der Waals surface area contributed by atoms with Gasteiger partial charge in [-0.15, -0.1) is 0 Å². The lowest BCUT2D eigenvalue weighted by Gasteiger charge is -2.05. The summed E-state index contributed by atoms with van der Waals surface area (Å²) in [7, 11) is 0. The second-order valence-corrected chi connectivity index (χ2v) is 5.89. The van der Waals surface area contributed by atoms with E-state index in [9.17, 15) is 4.79 Å². The molecular weight excluding hydrogens is 286 g/mol. The number of H-pyrrole nitrogens is 1. The zero-order chi connectivity index (χ0) is 15.0. The molecule has 2 heterocycles. The van der Waals surface area contributed by atoms with Crippen molar-refractivity contribution < 1.29 is 4.79 Å². The number of benzene rings is 1. The molecule has 0 radical (unpaired) electrons. The van der Waals surface area contributed by atoms with Gasteiger partial charge in [0.2, 0.25) is 0 Å². The number of nitrogen functional groups attached to an aromatic ring is 1. The van der Waals surface area contributed by atoms with Crippen molar-refractivity contribution in [3.63, 3.8) is 0 Å². The van der Waals surface area contributed by atoms with Crippen molar-refractivity contribution in [3.8, 4) is 0 Å². The molecule has 0 fully saturated rings. The van der Waals surface area contributed by atoms with Gasteiger partial charge >= 0.3 is 0 Å². The van der Waals surface area contributed by atoms with Crippen LogP contribution in [0.15, 0.2) is 18.2 Å². The zero-order valence-electron chi connectivity index (χ0n) is 11.7. The van der Waals surface area contributed by atoms with E-state index in [2.05, 4.69) is 20.5 Å². The highest BCUT2D eigenvalue weighted by molar-refractivity contribution is 7.22. The predicted octanol–water partition coefficient (Wildman–Crippen LogP) is 2.15. The Bertz CT molecular complexity index is 800. The number of fused-ring (bicyclic) bond motifs is 1. The Kier molecular flexibility index (Phi) is 3.34. The van der Waals surface area contributed by atoms with E-state index in [-0.39, 0.29) is 5.91 Å². The van der Waals surface area contributed by atoms with Crippen LogP contribution in [0.5, 0.6) is 0 Å². The molecule has 3 rings (SSSR count). The summed E-state index contributed by atoms with van der Waals surface area (Å²) < 4.78 is 0.913. The van der Waals surface area contributed by atoms with Gasteiger partial charge in [-0.2, -0.15) is 5.10 Å². The summed E-state index contributed by atoms with van der Waals surface area (Å²) in [5, 5.41) is 10.4. The van der Waals surface area contributed by atoms with Crippen LogP contribution in [0.2, 0.25) is 0 Å². The first-order valence-corrected chi connectivity index (χ1v) is 7.31. The summed E-state index contributed by atoms with van der Waals surface area (Å²) in [6, 6.07) is 5.38. The molecule has 0 unspecified atom stereocenters. The molecule has 0 bridgehead atoms. The number of hydrogen-bond acceptors (Lipinski definition) is 5. The molecule has 0 aliphatic carbocycles. The number of aromatic nitrogens is 3. The minimum Gasteiger partial charge on any atom is -0.375 e. The third-order valence-corrected chi connectivity index (χ3v) is 4.22. The second-order valence-electron chi connectivity index (χ2n) is 4.83. The van der Waals surface area contributed by atoms with Gasteiger partial charge in [0.05, 0.1) is 15.9 Å². The van der Waals surface area contributed by atoms with Crippen LogP contribution >= 0.6 is 11.3 Å². The first-order valence-electron chi connectivity index (χ1n) is 6.49. The van der Waals surface area contributed by atoms with Gasteiger partial charge in [0, 0.05) is 23.4 Å². The van der Waals surface area contributed by atoms with Crippen molar-refractivity contribution in [1.82, 2.24) is 20.5 Å². The zero-order valence-corrected chi connectivity index (χ0v) is 12.5. The molecular formula is C14H15N5OS. The Morgan fingerprint density at radius 2 is 2.24 bits per heavy atom. The van der Waals surface area contributed by atoms with Crippen LogP contribution in [0.4, 0.5) is 5.13 Å². The van der Waals surface area contributed by atoms with Crippen LogP contribution in [0.3, 0.4) is 0 Å².